The van der Waals surface area contributed by atoms with Crippen molar-refractivity contribution in [2.24, 2.45) is 10.2 Å². The van der Waals surface area contributed by atoms with E-state index >= 15 is 0 Å². The number of azo groups is 1. The van der Waals surface area contributed by atoms with E-state index in [-0.39, 0.29) is 117 Å². The Kier molecular flexibility index (Phi) is 15.5. The van der Waals surface area contributed by atoms with Crippen molar-refractivity contribution in [1.82, 2.24) is 15.0 Å². The normalized spacial score (nSPS) is 11.8. The average Bonchev–Trinajstić information content (AvgIpc) is 3.06. The number of nitrogens with one attached hydrogen (secondary N) is 1. The molecule has 17 nitrogen and oxygen atoms in total. The van der Waals surface area contributed by atoms with Gasteiger partial charge in [0, 0.05) is 34.1 Å². The van der Waals surface area contributed by atoms with Crippen LogP contribution in [0.1, 0.15) is 6.92 Å². The number of hydrogen-bond donors (Lipinski definition) is 2. The molecule has 24 heteroatoms. The number of para-hydroxylation sites is 1. The number of phenols is 1. The van der Waals surface area contributed by atoms with Gasteiger partial charge in [0.15, 0.2) is 5.75 Å². The van der Waals surface area contributed by atoms with Crippen molar-refractivity contribution < 1.29 is 137 Å². The Bertz CT molecular complexity index is 2790. The van der Waals surface area contributed by atoms with E-state index in [4.69, 9.17) is 0 Å². The molecular formula is C31H21FN7Na3O10S3. The summed E-state index contributed by atoms with van der Waals surface area (Å²) >= 11 is 0. The van der Waals surface area contributed by atoms with Crippen molar-refractivity contribution >= 4 is 86.5 Å². The van der Waals surface area contributed by atoms with E-state index in [9.17, 15) is 48.4 Å². The molecule has 1 aromatic heterocycles. The Labute approximate surface area is 379 Å². The van der Waals surface area contributed by atoms with Gasteiger partial charge < -0.3 is 29.0 Å². The summed E-state index contributed by atoms with van der Waals surface area (Å²) in [6.45, 7) is 2.18. The summed E-state index contributed by atoms with van der Waals surface area (Å²) in [5.74, 6) is -1.14. The van der Waals surface area contributed by atoms with Crippen LogP contribution in [0.3, 0.4) is 0 Å². The Balaban J connectivity index is 0.00000271. The SMILES string of the molecule is CCN(c1ccccc1)c1nc(F)nc(Nc2ccc3c(O)c(N=Nc4ccc5c(S(=O)(=O)[O-])cccc5c4S(=O)(=O)[O-])c(S(=O)(=O)[O-])cc3c2)n1.[Na+].[Na+].[Na+]. The second-order valence-corrected chi connectivity index (χ2v) is 14.8. The molecule has 6 rings (SSSR count). The number of aromatic hydroxyl groups is 1. The molecule has 0 saturated heterocycles. The molecule has 55 heavy (non-hydrogen) atoms. The van der Waals surface area contributed by atoms with E-state index in [1.54, 1.807) is 42.2 Å². The third-order valence-corrected chi connectivity index (χ3v) is 10.2. The van der Waals surface area contributed by atoms with E-state index in [1.165, 1.54) is 18.2 Å². The summed E-state index contributed by atoms with van der Waals surface area (Å²) in [5, 5.41) is 20.1. The topological polar surface area (TPSA) is 270 Å². The van der Waals surface area contributed by atoms with E-state index < -0.39 is 79.0 Å². The number of aromatic nitrogens is 3. The predicted octanol–water partition coefficient (Wildman–Crippen LogP) is -3.94. The Hall–Kier alpha value is -2.71. The van der Waals surface area contributed by atoms with E-state index in [0.717, 1.165) is 36.4 Å². The van der Waals surface area contributed by atoms with Crippen LogP contribution in [-0.4, -0.2) is 65.5 Å². The quantitative estimate of drug-likeness (QED) is 0.0758. The number of phenolic OH excluding ortho intramolecular Hbond substituents is 1. The van der Waals surface area contributed by atoms with Gasteiger partial charge in [0.25, 0.3) is 0 Å². The summed E-state index contributed by atoms with van der Waals surface area (Å²) in [5.41, 5.74) is -0.805. The van der Waals surface area contributed by atoms with Gasteiger partial charge in [-0.3, -0.25) is 0 Å². The minimum Gasteiger partial charge on any atom is -0.744 e. The van der Waals surface area contributed by atoms with Crippen LogP contribution < -0.4 is 98.9 Å². The molecule has 0 unspecified atom stereocenters. The van der Waals surface area contributed by atoms with E-state index in [1.807, 2.05) is 0 Å². The van der Waals surface area contributed by atoms with Gasteiger partial charge in [-0.05, 0) is 60.8 Å². The summed E-state index contributed by atoms with van der Waals surface area (Å²) < 4.78 is 124. The van der Waals surface area contributed by atoms with Crippen LogP contribution in [0.5, 0.6) is 5.75 Å². The number of anilines is 4. The summed E-state index contributed by atoms with van der Waals surface area (Å²) in [7, 11) is -16.0. The molecule has 0 spiro atoms. The largest absolute Gasteiger partial charge is 1.00 e. The molecule has 0 aliphatic heterocycles. The smallest absolute Gasteiger partial charge is 0.744 e. The van der Waals surface area contributed by atoms with Crippen LogP contribution in [0.4, 0.5) is 39.0 Å². The number of halogens is 1. The van der Waals surface area contributed by atoms with Crippen LogP contribution in [0, 0.1) is 6.08 Å². The number of hydrogen-bond acceptors (Lipinski definition) is 17. The molecule has 1 heterocycles. The third kappa shape index (κ3) is 10.2. The summed E-state index contributed by atoms with van der Waals surface area (Å²) in [6, 6.07) is 18.5. The van der Waals surface area contributed by atoms with Gasteiger partial charge >= 0.3 is 94.8 Å². The maximum absolute atomic E-state index is 14.5. The molecule has 0 bridgehead atoms. The molecule has 5 aromatic carbocycles. The van der Waals surface area contributed by atoms with Gasteiger partial charge in [-0.1, -0.05) is 36.4 Å². The fraction of sp³-hybridized carbons (Fsp3) is 0.0645. The fourth-order valence-corrected chi connectivity index (χ4v) is 7.51. The van der Waals surface area contributed by atoms with Gasteiger partial charge in [0.05, 0.1) is 14.7 Å². The summed E-state index contributed by atoms with van der Waals surface area (Å²) in [4.78, 5) is 10.3. The minimum atomic E-state index is -5.46. The molecule has 0 aliphatic carbocycles. The summed E-state index contributed by atoms with van der Waals surface area (Å²) in [6.07, 6.45) is -1.11. The number of nitrogens with zero attached hydrogens (tertiary/aromatic N) is 6. The Morgan fingerprint density at radius 2 is 1.38 bits per heavy atom. The molecule has 0 atom stereocenters. The molecule has 0 fully saturated rings. The second kappa shape index (κ2) is 18.3. The van der Waals surface area contributed by atoms with Gasteiger partial charge in [-0.2, -0.15) is 19.3 Å². The molecular weight excluding hydrogens is 815 g/mol. The Morgan fingerprint density at radius 1 is 0.727 bits per heavy atom. The third-order valence-electron chi connectivity index (χ3n) is 7.53. The zero-order valence-corrected chi connectivity index (χ0v) is 37.6. The zero-order chi connectivity index (χ0) is 37.6. The monoisotopic (exact) mass is 835 g/mol. The second-order valence-electron chi connectivity index (χ2n) is 10.8. The van der Waals surface area contributed by atoms with Crippen LogP contribution >= 0.6 is 0 Å². The van der Waals surface area contributed by atoms with Crippen molar-refractivity contribution in [3.8, 4) is 5.75 Å². The van der Waals surface area contributed by atoms with Crippen LogP contribution in [0.25, 0.3) is 21.5 Å². The van der Waals surface area contributed by atoms with Crippen LogP contribution in [0.15, 0.2) is 110 Å². The minimum absolute atomic E-state index is 0. The average molecular weight is 836 g/mol. The predicted molar refractivity (Wildman–Crippen MR) is 180 cm³/mol. The van der Waals surface area contributed by atoms with E-state index in [2.05, 4.69) is 30.5 Å². The number of fused-ring (bicyclic) bond motifs is 2. The Morgan fingerprint density at radius 3 is 2.00 bits per heavy atom. The van der Waals surface area contributed by atoms with Gasteiger partial charge in [0.2, 0.25) is 11.9 Å². The molecule has 268 valence electrons. The molecule has 0 radical (unpaired) electrons. The number of benzene rings is 5. The molecule has 6 aromatic rings. The molecule has 2 N–H and O–H groups in total. The molecule has 0 amide bonds. The number of rotatable bonds is 10. The standard InChI is InChI=1S/C31H24FN7O10S3.3Na/c1-2-39(19-7-4-3-5-8-19)31-35-29(32)34-30(36-31)33-18-11-12-20-17(15-18)16-25(51(44,45)46)26(27(20)40)38-37-23-14-13-21-22(28(23)52(47,48)49)9-6-10-24(21)50(41,42)43;;;/h3-16,40H,2H2,1H3,(H,41,42,43)(H,44,45,46)(H,47,48,49)(H,33,34,35,36);;;/q;3*+1/p-3. The molecule has 0 aliphatic rings. The van der Waals surface area contributed by atoms with Crippen LogP contribution in [-0.2, 0) is 30.4 Å². The first-order valence-corrected chi connectivity index (χ1v) is 18.8. The first kappa shape index (κ1) is 46.7. The van der Waals surface area contributed by atoms with Crippen molar-refractivity contribution in [2.45, 2.75) is 21.6 Å². The van der Waals surface area contributed by atoms with Crippen molar-refractivity contribution in [2.75, 3.05) is 16.8 Å². The molecule has 0 saturated carbocycles. The zero-order valence-electron chi connectivity index (χ0n) is 29.2. The van der Waals surface area contributed by atoms with Gasteiger partial charge in [-0.25, -0.2) is 25.3 Å². The van der Waals surface area contributed by atoms with Gasteiger partial charge in [-0.15, -0.1) is 10.2 Å². The maximum Gasteiger partial charge on any atom is 1.00 e. The van der Waals surface area contributed by atoms with Crippen LogP contribution in [0.2, 0.25) is 0 Å². The first-order chi connectivity index (χ1) is 24.5. The van der Waals surface area contributed by atoms with Crippen molar-refractivity contribution in [3.63, 3.8) is 0 Å². The van der Waals surface area contributed by atoms with E-state index in [0.29, 0.717) is 12.2 Å². The van der Waals surface area contributed by atoms with Crippen molar-refractivity contribution in [1.29, 1.82) is 0 Å². The van der Waals surface area contributed by atoms with Gasteiger partial charge in [0.1, 0.15) is 41.7 Å². The maximum atomic E-state index is 14.5. The van der Waals surface area contributed by atoms with Crippen molar-refractivity contribution in [3.05, 3.63) is 91.0 Å². The fourth-order valence-electron chi connectivity index (χ4n) is 5.36. The first-order valence-electron chi connectivity index (χ1n) is 14.6.